The zero-order chi connectivity index (χ0) is 45.9. The van der Waals surface area contributed by atoms with Gasteiger partial charge in [-0.2, -0.15) is 70.2 Å². The number of aliphatic hydroxyl groups excluding tert-OH is 5. The number of alkyl halides is 20. The van der Waals surface area contributed by atoms with Gasteiger partial charge in [0.05, 0.1) is 39.6 Å². The Labute approximate surface area is 307 Å². The molecule has 0 heterocycles. The van der Waals surface area contributed by atoms with Crippen molar-refractivity contribution in [3.05, 3.63) is 0 Å². The van der Waals surface area contributed by atoms with Crippen LogP contribution in [-0.2, 0) is 47.4 Å². The first-order chi connectivity index (χ1) is 25.8. The van der Waals surface area contributed by atoms with Crippen molar-refractivity contribution < 1.29 is 161 Å². The number of ether oxygens (including phenoxy) is 10. The number of halogens is 20. The summed E-state index contributed by atoms with van der Waals surface area (Å²) >= 11 is 0. The molecule has 0 rings (SSSR count). The Hall–Kier alpha value is -2.00. The van der Waals surface area contributed by atoms with Crippen LogP contribution in [0, 0.1) is 0 Å². The highest BCUT2D eigenvalue weighted by molar-refractivity contribution is 4.73. The van der Waals surface area contributed by atoms with Crippen LogP contribution in [0.1, 0.15) is 0 Å². The third-order valence-corrected chi connectivity index (χ3v) is 5.01. The van der Waals surface area contributed by atoms with Crippen LogP contribution in [0.15, 0.2) is 0 Å². The first-order valence-electron chi connectivity index (χ1n) is 14.3. The second kappa shape index (κ2) is 21.2. The summed E-state index contributed by atoms with van der Waals surface area (Å²) < 4.78 is 300. The molecule has 0 aromatic rings. The van der Waals surface area contributed by atoms with E-state index in [1.54, 1.807) is 0 Å². The second-order valence-corrected chi connectivity index (χ2v) is 10.5. The molecule has 0 radical (unpaired) electrons. The average Bonchev–Trinajstić information content (AvgIpc) is 2.96. The van der Waals surface area contributed by atoms with Crippen molar-refractivity contribution in [1.82, 2.24) is 0 Å². The molecule has 0 aliphatic carbocycles. The summed E-state index contributed by atoms with van der Waals surface area (Å²) in [4.78, 5) is 0. The van der Waals surface area contributed by atoms with Gasteiger partial charge >= 0.3 is 61.5 Å². The molecular formula is C23H28F20O15. The molecule has 15 nitrogen and oxygen atoms in total. The van der Waals surface area contributed by atoms with Gasteiger partial charge in [0.1, 0.15) is 44.7 Å². The van der Waals surface area contributed by atoms with Crippen LogP contribution in [0.25, 0.3) is 0 Å². The molecule has 58 heavy (non-hydrogen) atoms. The number of rotatable bonds is 32. The van der Waals surface area contributed by atoms with Gasteiger partial charge in [-0.05, 0) is 0 Å². The quantitative estimate of drug-likeness (QED) is 0.0488. The summed E-state index contributed by atoms with van der Waals surface area (Å²) in [7, 11) is 0. The summed E-state index contributed by atoms with van der Waals surface area (Å²) in [6.07, 6.45) is -69.1. The zero-order valence-corrected chi connectivity index (χ0v) is 27.7. The molecule has 0 saturated heterocycles. The molecule has 350 valence electrons. The van der Waals surface area contributed by atoms with E-state index in [9.17, 15) is 92.9 Å². The van der Waals surface area contributed by atoms with Crippen molar-refractivity contribution in [3.8, 4) is 0 Å². The molecule has 0 aliphatic heterocycles. The van der Waals surface area contributed by atoms with E-state index in [0.29, 0.717) is 0 Å². The predicted molar refractivity (Wildman–Crippen MR) is 131 cm³/mol. The van der Waals surface area contributed by atoms with E-state index in [4.69, 9.17) is 20.4 Å². The topological polar surface area (TPSA) is 193 Å². The van der Waals surface area contributed by atoms with E-state index in [1.807, 2.05) is 0 Å². The van der Waals surface area contributed by atoms with Crippen molar-refractivity contribution in [2.75, 3.05) is 66.1 Å². The third-order valence-electron chi connectivity index (χ3n) is 5.01. The van der Waals surface area contributed by atoms with Crippen LogP contribution < -0.4 is 0 Å². The SMILES string of the molecule is OCC(O)COCC(F)(F)OC(F)(F)OC(F)(F)C(F)(F)OC(F)(F)COCC(O)COCC(F)(F)OC(F)(F)OC(F)(F)C(F)(F)OC(F)(F)COCC(O)CO. The van der Waals surface area contributed by atoms with Gasteiger partial charge < -0.3 is 44.5 Å². The lowest BCUT2D eigenvalue weighted by atomic mass is 10.4. The number of hydrogen-bond donors (Lipinski definition) is 5. The van der Waals surface area contributed by atoms with Crippen LogP contribution in [0.5, 0.6) is 0 Å². The third kappa shape index (κ3) is 21.5. The lowest BCUT2D eigenvalue weighted by Gasteiger charge is -2.32. The van der Waals surface area contributed by atoms with Gasteiger partial charge in [-0.3, -0.25) is 0 Å². The molecule has 0 fully saturated rings. The molecule has 0 aromatic heterocycles. The van der Waals surface area contributed by atoms with Gasteiger partial charge in [0, 0.05) is 0 Å². The van der Waals surface area contributed by atoms with Crippen LogP contribution in [0.4, 0.5) is 87.8 Å². The highest BCUT2D eigenvalue weighted by Gasteiger charge is 2.70. The highest BCUT2D eigenvalue weighted by atomic mass is 19.4. The van der Waals surface area contributed by atoms with E-state index in [1.165, 1.54) is 0 Å². The Balaban J connectivity index is 5.07. The van der Waals surface area contributed by atoms with Gasteiger partial charge in [0.2, 0.25) is 0 Å². The fourth-order valence-electron chi connectivity index (χ4n) is 2.83. The van der Waals surface area contributed by atoms with Crippen molar-refractivity contribution in [1.29, 1.82) is 0 Å². The van der Waals surface area contributed by atoms with Gasteiger partial charge in [0.15, 0.2) is 0 Å². The van der Waals surface area contributed by atoms with E-state index >= 15 is 0 Å². The summed E-state index contributed by atoms with van der Waals surface area (Å²) in [5, 5.41) is 44.0. The van der Waals surface area contributed by atoms with Gasteiger partial charge in [-0.25, -0.2) is 28.4 Å². The Morgan fingerprint density at radius 2 is 0.517 bits per heavy atom. The lowest BCUT2D eigenvalue weighted by molar-refractivity contribution is -0.567. The predicted octanol–water partition coefficient (Wildman–Crippen LogP) is 3.06. The van der Waals surface area contributed by atoms with Crippen molar-refractivity contribution in [3.63, 3.8) is 0 Å². The maximum atomic E-state index is 13.7. The molecule has 0 bridgehead atoms. The molecule has 0 spiro atoms. The molecule has 5 N–H and O–H groups in total. The van der Waals surface area contributed by atoms with Crippen molar-refractivity contribution in [2.24, 2.45) is 0 Å². The Bertz CT molecular complexity index is 1200. The maximum absolute atomic E-state index is 13.7. The summed E-state index contributed by atoms with van der Waals surface area (Å²) in [5.41, 5.74) is 0. The van der Waals surface area contributed by atoms with Gasteiger partial charge in [0.25, 0.3) is 0 Å². The first kappa shape index (κ1) is 56.0. The van der Waals surface area contributed by atoms with Crippen LogP contribution >= 0.6 is 0 Å². The Morgan fingerprint density at radius 1 is 0.310 bits per heavy atom. The van der Waals surface area contributed by atoms with E-state index in [2.05, 4.69) is 47.4 Å². The Kier molecular flexibility index (Phi) is 20.5. The van der Waals surface area contributed by atoms with Crippen LogP contribution in [-0.4, -0.2) is 171 Å². The number of hydrogen-bond acceptors (Lipinski definition) is 15. The molecule has 35 heteroatoms. The summed E-state index contributed by atoms with van der Waals surface area (Å²) in [6.45, 7) is -18.1. The number of aliphatic hydroxyl groups is 5. The van der Waals surface area contributed by atoms with Crippen molar-refractivity contribution in [2.45, 2.75) is 79.8 Å². The van der Waals surface area contributed by atoms with E-state index in [-0.39, 0.29) is 0 Å². The smallest absolute Gasteiger partial charge is 0.394 e. The standard InChI is InChI=1S/C23H28F20O15/c24-14(25,7-49-3-11(46)1-44)53-18(32,33)20(36,37)58-23(42,43)56-17(30,31)10-52-6-13(48)5-51-8-15(26,27)54-19(34,35)21(38,39)57-22(40,41)55-16(28,29)9-50-4-12(47)2-45/h11-13,44-48H,1-10H2. The molecule has 3 unspecified atom stereocenters. The second-order valence-electron chi connectivity index (χ2n) is 10.5. The molecule has 3 atom stereocenters. The molecule has 0 aliphatic rings. The van der Waals surface area contributed by atoms with Crippen LogP contribution in [0.2, 0.25) is 0 Å². The minimum Gasteiger partial charge on any atom is -0.394 e. The maximum Gasteiger partial charge on any atom is 0.495 e. The molecule has 0 amide bonds. The summed E-state index contributed by atoms with van der Waals surface area (Å²) in [5.74, 6) is 0. The molecular weight excluding hydrogens is 896 g/mol. The Morgan fingerprint density at radius 3 is 0.759 bits per heavy atom. The van der Waals surface area contributed by atoms with E-state index < -0.39 is 146 Å². The fourth-order valence-corrected chi connectivity index (χ4v) is 2.83. The first-order valence-corrected chi connectivity index (χ1v) is 14.3. The van der Waals surface area contributed by atoms with Crippen molar-refractivity contribution >= 4 is 0 Å². The fraction of sp³-hybridized carbons (Fsp3) is 1.00. The average molecular weight is 924 g/mol. The minimum absolute atomic E-state index is 1.11. The zero-order valence-electron chi connectivity index (χ0n) is 27.7. The normalized spacial score (nSPS) is 16.5. The molecule has 0 saturated carbocycles. The summed E-state index contributed by atoms with van der Waals surface area (Å²) in [6, 6.07) is 0. The highest BCUT2D eigenvalue weighted by Crippen LogP contribution is 2.46. The van der Waals surface area contributed by atoms with Gasteiger partial charge in [-0.15, -0.1) is 17.6 Å². The monoisotopic (exact) mass is 924 g/mol. The molecule has 0 aromatic carbocycles. The van der Waals surface area contributed by atoms with E-state index in [0.717, 1.165) is 0 Å². The lowest BCUT2D eigenvalue weighted by Crippen LogP contribution is -2.54. The minimum atomic E-state index is -6.96. The largest absolute Gasteiger partial charge is 0.495 e. The van der Waals surface area contributed by atoms with Gasteiger partial charge in [-0.1, -0.05) is 0 Å². The van der Waals surface area contributed by atoms with Crippen LogP contribution in [0.3, 0.4) is 0 Å².